The Morgan fingerprint density at radius 1 is 1.10 bits per heavy atom. The van der Waals surface area contributed by atoms with Gasteiger partial charge in [0.15, 0.2) is 0 Å². The fourth-order valence-electron chi connectivity index (χ4n) is 2.13. The zero-order chi connectivity index (χ0) is 14.9. The van der Waals surface area contributed by atoms with Gasteiger partial charge in [-0.1, -0.05) is 37.3 Å². The molecule has 0 amide bonds. The molecule has 1 heterocycles. The molecule has 1 aromatic carbocycles. The lowest BCUT2D eigenvalue weighted by molar-refractivity contribution is 0.502. The maximum absolute atomic E-state index is 11.6. The van der Waals surface area contributed by atoms with Gasteiger partial charge in [-0.15, -0.1) is 10.2 Å². The van der Waals surface area contributed by atoms with E-state index in [4.69, 9.17) is 10.7 Å². The molecule has 5 nitrogen and oxygen atoms in total. The summed E-state index contributed by atoms with van der Waals surface area (Å²) < 4.78 is 24.7. The predicted octanol–water partition coefficient (Wildman–Crippen LogP) is 2.94. The van der Waals surface area contributed by atoms with E-state index in [1.54, 1.807) is 4.57 Å². The number of rotatable bonds is 4. The molecule has 0 aliphatic carbocycles. The summed E-state index contributed by atoms with van der Waals surface area (Å²) in [6.07, 6.45) is 0. The molecule has 0 spiro atoms. The van der Waals surface area contributed by atoms with Gasteiger partial charge < -0.3 is 0 Å². The van der Waals surface area contributed by atoms with Crippen molar-refractivity contribution in [2.75, 3.05) is 0 Å². The summed E-state index contributed by atoms with van der Waals surface area (Å²) in [5, 5.41) is 7.58. The van der Waals surface area contributed by atoms with Gasteiger partial charge in [0.2, 0.25) is 0 Å². The molecule has 1 atom stereocenters. The van der Waals surface area contributed by atoms with Crippen LogP contribution < -0.4 is 0 Å². The van der Waals surface area contributed by atoms with E-state index in [9.17, 15) is 8.42 Å². The van der Waals surface area contributed by atoms with Crippen LogP contribution in [-0.4, -0.2) is 23.2 Å². The summed E-state index contributed by atoms with van der Waals surface area (Å²) in [4.78, 5) is 0. The minimum atomic E-state index is -3.91. The van der Waals surface area contributed by atoms with Crippen LogP contribution in [0.25, 0.3) is 0 Å². The number of nitrogens with zero attached hydrogens (tertiary/aromatic N) is 3. The Hall–Kier alpha value is -1.40. The van der Waals surface area contributed by atoms with Crippen LogP contribution in [0, 0.1) is 0 Å². The lowest BCUT2D eigenvalue weighted by Crippen LogP contribution is -2.14. The number of halogens is 1. The van der Waals surface area contributed by atoms with Gasteiger partial charge in [-0.3, -0.25) is 4.57 Å². The third kappa shape index (κ3) is 2.86. The fraction of sp³-hybridized carbons (Fsp3) is 0.385. The molecule has 0 saturated carbocycles. The van der Waals surface area contributed by atoms with Crippen molar-refractivity contribution in [3.05, 3.63) is 41.7 Å². The molecule has 7 heteroatoms. The summed E-state index contributed by atoms with van der Waals surface area (Å²) in [6, 6.07) is 9.63. The monoisotopic (exact) mass is 313 g/mol. The van der Waals surface area contributed by atoms with E-state index in [1.807, 2.05) is 51.1 Å². The molecule has 0 fully saturated rings. The molecule has 0 radical (unpaired) electrons. The van der Waals surface area contributed by atoms with E-state index >= 15 is 0 Å². The maximum atomic E-state index is 11.6. The normalized spacial score (nSPS) is 13.7. The topological polar surface area (TPSA) is 64.8 Å². The Morgan fingerprint density at radius 3 is 2.20 bits per heavy atom. The van der Waals surface area contributed by atoms with E-state index in [-0.39, 0.29) is 17.1 Å². The zero-order valence-corrected chi connectivity index (χ0v) is 13.1. The molecule has 1 aromatic heterocycles. The summed E-state index contributed by atoms with van der Waals surface area (Å²) in [6.45, 7) is 5.70. The first-order chi connectivity index (χ1) is 9.32. The second-order valence-electron chi connectivity index (χ2n) is 4.87. The van der Waals surface area contributed by atoms with E-state index in [1.165, 1.54) is 0 Å². The molecule has 0 saturated heterocycles. The zero-order valence-electron chi connectivity index (χ0n) is 11.5. The average molecular weight is 314 g/mol. The highest BCUT2D eigenvalue weighted by Crippen LogP contribution is 2.28. The van der Waals surface area contributed by atoms with Gasteiger partial charge in [-0.25, -0.2) is 8.42 Å². The Bertz CT molecular complexity index is 696. The van der Waals surface area contributed by atoms with Crippen LogP contribution in [0.4, 0.5) is 0 Å². The number of hydrogen-bond donors (Lipinski definition) is 0. The second kappa shape index (κ2) is 5.54. The number of aromatic nitrogens is 3. The average Bonchev–Trinajstić information content (AvgIpc) is 2.83. The lowest BCUT2D eigenvalue weighted by Gasteiger charge is -2.17. The van der Waals surface area contributed by atoms with Crippen molar-refractivity contribution in [1.82, 2.24) is 14.8 Å². The largest absolute Gasteiger partial charge is 0.298 e. The minimum Gasteiger partial charge on any atom is -0.298 e. The first-order valence-electron chi connectivity index (χ1n) is 6.26. The first-order valence-corrected chi connectivity index (χ1v) is 8.57. The highest BCUT2D eigenvalue weighted by atomic mass is 35.7. The summed E-state index contributed by atoms with van der Waals surface area (Å²) in [7, 11) is 1.51. The summed E-state index contributed by atoms with van der Waals surface area (Å²) in [5.74, 6) is 0.517. The van der Waals surface area contributed by atoms with Crippen molar-refractivity contribution in [2.24, 2.45) is 0 Å². The SMILES string of the molecule is CC(c1ccccc1)c1nnc(S(=O)(=O)Cl)n1C(C)C. The third-order valence-electron chi connectivity index (χ3n) is 3.11. The van der Waals surface area contributed by atoms with Crippen LogP contribution in [0.15, 0.2) is 35.5 Å². The van der Waals surface area contributed by atoms with Gasteiger partial charge in [0, 0.05) is 22.6 Å². The Labute approximate surface area is 123 Å². The van der Waals surface area contributed by atoms with E-state index < -0.39 is 9.05 Å². The van der Waals surface area contributed by atoms with Crippen LogP contribution >= 0.6 is 10.7 Å². The molecule has 2 aromatic rings. The fourth-order valence-corrected chi connectivity index (χ4v) is 3.12. The van der Waals surface area contributed by atoms with Crippen LogP contribution in [0.5, 0.6) is 0 Å². The van der Waals surface area contributed by atoms with Gasteiger partial charge in [-0.05, 0) is 19.4 Å². The molecule has 20 heavy (non-hydrogen) atoms. The molecular formula is C13H16ClN3O2S. The van der Waals surface area contributed by atoms with Gasteiger partial charge in [0.05, 0.1) is 0 Å². The van der Waals surface area contributed by atoms with Crippen LogP contribution in [0.2, 0.25) is 0 Å². The van der Waals surface area contributed by atoms with Gasteiger partial charge >= 0.3 is 0 Å². The standard InChI is InChI=1S/C13H16ClN3O2S/c1-9(2)17-12(15-16-13(17)20(14,18)19)10(3)11-7-5-4-6-8-11/h4-10H,1-3H3. The van der Waals surface area contributed by atoms with Crippen molar-refractivity contribution in [3.8, 4) is 0 Å². The lowest BCUT2D eigenvalue weighted by atomic mass is 10.0. The van der Waals surface area contributed by atoms with Crippen molar-refractivity contribution < 1.29 is 8.42 Å². The van der Waals surface area contributed by atoms with Crippen molar-refractivity contribution in [3.63, 3.8) is 0 Å². The molecule has 0 aliphatic heterocycles. The van der Waals surface area contributed by atoms with Crippen molar-refractivity contribution >= 4 is 19.7 Å². The maximum Gasteiger partial charge on any atom is 0.296 e. The Kier molecular flexibility index (Phi) is 4.15. The molecule has 0 aliphatic rings. The first kappa shape index (κ1) is 15.0. The van der Waals surface area contributed by atoms with Gasteiger partial charge in [0.25, 0.3) is 14.2 Å². The highest BCUT2D eigenvalue weighted by Gasteiger charge is 2.27. The summed E-state index contributed by atoms with van der Waals surface area (Å²) >= 11 is 0. The predicted molar refractivity (Wildman–Crippen MR) is 77.4 cm³/mol. The van der Waals surface area contributed by atoms with E-state index in [2.05, 4.69) is 10.2 Å². The second-order valence-corrected chi connectivity index (χ2v) is 7.33. The molecule has 2 rings (SSSR count). The molecular weight excluding hydrogens is 298 g/mol. The van der Waals surface area contributed by atoms with Crippen LogP contribution in [0.3, 0.4) is 0 Å². The number of hydrogen-bond acceptors (Lipinski definition) is 4. The highest BCUT2D eigenvalue weighted by molar-refractivity contribution is 8.13. The molecule has 0 N–H and O–H groups in total. The smallest absolute Gasteiger partial charge is 0.296 e. The van der Waals surface area contributed by atoms with Crippen LogP contribution in [0.1, 0.15) is 44.1 Å². The molecule has 108 valence electrons. The van der Waals surface area contributed by atoms with Gasteiger partial charge in [0.1, 0.15) is 5.82 Å². The Balaban J connectivity index is 2.56. The van der Waals surface area contributed by atoms with E-state index in [0.717, 1.165) is 5.56 Å². The third-order valence-corrected chi connectivity index (χ3v) is 4.24. The molecule has 1 unspecified atom stereocenters. The van der Waals surface area contributed by atoms with E-state index in [0.29, 0.717) is 5.82 Å². The van der Waals surface area contributed by atoms with Gasteiger partial charge in [-0.2, -0.15) is 0 Å². The van der Waals surface area contributed by atoms with Crippen molar-refractivity contribution in [1.29, 1.82) is 0 Å². The van der Waals surface area contributed by atoms with Crippen LogP contribution in [-0.2, 0) is 9.05 Å². The number of benzene rings is 1. The summed E-state index contributed by atoms with van der Waals surface area (Å²) in [5.41, 5.74) is 1.04. The van der Waals surface area contributed by atoms with Crippen molar-refractivity contribution in [2.45, 2.75) is 37.9 Å². The quantitative estimate of drug-likeness (QED) is 0.814. The minimum absolute atomic E-state index is 0.0710. The molecule has 0 bridgehead atoms. The Morgan fingerprint density at radius 2 is 1.70 bits per heavy atom.